The van der Waals surface area contributed by atoms with Crippen LogP contribution in [0.15, 0.2) is 18.2 Å². The number of carbonyl (C=O) groups is 2. The Morgan fingerprint density at radius 3 is 2.43 bits per heavy atom. The molecule has 0 saturated carbocycles. The van der Waals surface area contributed by atoms with E-state index in [4.69, 9.17) is 0 Å². The average Bonchev–Trinajstić information content (AvgIpc) is 2.39. The Morgan fingerprint density at radius 1 is 1.19 bits per heavy atom. The molecular weight excluding hydrogens is 280 g/mol. The first kappa shape index (κ1) is 16.9. The zero-order chi connectivity index (χ0) is 16.0. The summed E-state index contributed by atoms with van der Waals surface area (Å²) in [5.74, 6) is -2.13. The van der Waals surface area contributed by atoms with Gasteiger partial charge in [0.1, 0.15) is 0 Å². The van der Waals surface area contributed by atoms with Gasteiger partial charge in [-0.2, -0.15) is 0 Å². The number of halogens is 2. The summed E-state index contributed by atoms with van der Waals surface area (Å²) in [5, 5.41) is 7.58. The largest absolute Gasteiger partial charge is 0.359 e. The number of nitrogens with one attached hydrogen (secondary N) is 3. The number of hydrogen-bond acceptors (Lipinski definition) is 2. The van der Waals surface area contributed by atoms with Crippen LogP contribution < -0.4 is 16.0 Å². The molecular formula is C14H19F2N3O2. The van der Waals surface area contributed by atoms with Gasteiger partial charge < -0.3 is 16.0 Å². The fourth-order valence-corrected chi connectivity index (χ4v) is 1.66. The van der Waals surface area contributed by atoms with E-state index in [2.05, 4.69) is 16.0 Å². The van der Waals surface area contributed by atoms with Crippen molar-refractivity contribution in [2.45, 2.75) is 32.2 Å². The maximum atomic E-state index is 13.0. The lowest BCUT2D eigenvalue weighted by Crippen LogP contribution is -2.46. The minimum Gasteiger partial charge on any atom is -0.359 e. The minimum absolute atomic E-state index is 0.120. The van der Waals surface area contributed by atoms with Crippen molar-refractivity contribution < 1.29 is 18.4 Å². The van der Waals surface area contributed by atoms with E-state index in [1.165, 1.54) is 6.07 Å². The third-order valence-electron chi connectivity index (χ3n) is 2.89. The van der Waals surface area contributed by atoms with Gasteiger partial charge >= 0.3 is 6.03 Å². The molecule has 5 nitrogen and oxygen atoms in total. The van der Waals surface area contributed by atoms with Crippen molar-refractivity contribution in [3.8, 4) is 0 Å². The highest BCUT2D eigenvalue weighted by Crippen LogP contribution is 2.15. The molecule has 0 spiro atoms. The monoisotopic (exact) mass is 299 g/mol. The Morgan fingerprint density at radius 2 is 1.86 bits per heavy atom. The van der Waals surface area contributed by atoms with Crippen LogP contribution in [0.3, 0.4) is 0 Å². The Kier molecular flexibility index (Phi) is 5.63. The van der Waals surface area contributed by atoms with E-state index in [1.54, 1.807) is 20.9 Å². The fraction of sp³-hybridized carbons (Fsp3) is 0.429. The molecule has 0 fully saturated rings. The summed E-state index contributed by atoms with van der Waals surface area (Å²) in [5.41, 5.74) is -0.469. The van der Waals surface area contributed by atoms with Crippen molar-refractivity contribution in [2.24, 2.45) is 0 Å². The molecule has 0 saturated heterocycles. The summed E-state index contributed by atoms with van der Waals surface area (Å²) in [4.78, 5) is 23.0. The van der Waals surface area contributed by atoms with Crippen molar-refractivity contribution in [3.05, 3.63) is 29.8 Å². The summed E-state index contributed by atoms with van der Waals surface area (Å²) in [6.45, 7) is 3.53. The van der Waals surface area contributed by atoms with Crippen molar-refractivity contribution in [1.82, 2.24) is 10.6 Å². The Labute approximate surface area is 122 Å². The molecule has 0 unspecified atom stereocenters. The topological polar surface area (TPSA) is 70.2 Å². The van der Waals surface area contributed by atoms with Gasteiger partial charge in [0.15, 0.2) is 11.6 Å². The Hall–Kier alpha value is -2.18. The lowest BCUT2D eigenvalue weighted by atomic mass is 9.98. The maximum absolute atomic E-state index is 13.0. The number of benzene rings is 1. The van der Waals surface area contributed by atoms with E-state index in [-0.39, 0.29) is 18.0 Å². The maximum Gasteiger partial charge on any atom is 0.319 e. The first-order chi connectivity index (χ1) is 9.73. The van der Waals surface area contributed by atoms with E-state index < -0.39 is 23.2 Å². The van der Waals surface area contributed by atoms with E-state index in [9.17, 15) is 18.4 Å². The summed E-state index contributed by atoms with van der Waals surface area (Å²) < 4.78 is 25.8. The molecule has 116 valence electrons. The van der Waals surface area contributed by atoms with Crippen LogP contribution in [0.1, 0.15) is 26.7 Å². The molecule has 1 rings (SSSR count). The highest BCUT2D eigenvalue weighted by atomic mass is 19.2. The van der Waals surface area contributed by atoms with Gasteiger partial charge in [-0.15, -0.1) is 0 Å². The Bertz CT molecular complexity index is 533. The van der Waals surface area contributed by atoms with Crippen molar-refractivity contribution in [3.63, 3.8) is 0 Å². The third kappa shape index (κ3) is 5.76. The van der Waals surface area contributed by atoms with Gasteiger partial charge in [-0.25, -0.2) is 13.6 Å². The second-order valence-corrected chi connectivity index (χ2v) is 5.27. The smallest absolute Gasteiger partial charge is 0.319 e. The predicted molar refractivity (Wildman–Crippen MR) is 75.9 cm³/mol. The van der Waals surface area contributed by atoms with Crippen LogP contribution in [-0.4, -0.2) is 24.5 Å². The molecule has 1 aromatic rings. The number of carbonyl (C=O) groups excluding carboxylic acids is 2. The lowest BCUT2D eigenvalue weighted by molar-refractivity contribution is -0.120. The SMILES string of the molecule is CNC(=O)CCC(C)(C)NC(=O)Nc1ccc(F)c(F)c1. The van der Waals surface area contributed by atoms with Crippen LogP contribution in [0.4, 0.5) is 19.3 Å². The van der Waals surface area contributed by atoms with Gasteiger partial charge in [0, 0.05) is 30.8 Å². The van der Waals surface area contributed by atoms with Gasteiger partial charge in [0.05, 0.1) is 0 Å². The summed E-state index contributed by atoms with van der Waals surface area (Å²) in [6.07, 6.45) is 0.715. The first-order valence-electron chi connectivity index (χ1n) is 6.48. The van der Waals surface area contributed by atoms with Crippen LogP contribution in [0, 0.1) is 11.6 Å². The van der Waals surface area contributed by atoms with Crippen molar-refractivity contribution in [1.29, 1.82) is 0 Å². The van der Waals surface area contributed by atoms with Crippen LogP contribution in [0.5, 0.6) is 0 Å². The molecule has 0 radical (unpaired) electrons. The number of amides is 3. The van der Waals surface area contributed by atoms with Crippen LogP contribution in [0.25, 0.3) is 0 Å². The molecule has 3 amide bonds. The standard InChI is InChI=1S/C14H19F2N3O2/c1-14(2,7-6-12(20)17-3)19-13(21)18-9-4-5-10(15)11(16)8-9/h4-5,8H,6-7H2,1-3H3,(H,17,20)(H2,18,19,21). The molecule has 0 aliphatic rings. The summed E-state index contributed by atoms with van der Waals surface area (Å²) >= 11 is 0. The molecule has 0 aromatic heterocycles. The molecule has 0 bridgehead atoms. The molecule has 0 heterocycles. The minimum atomic E-state index is -1.04. The van der Waals surface area contributed by atoms with Gasteiger partial charge in [-0.1, -0.05) is 0 Å². The molecule has 1 aromatic carbocycles. The number of urea groups is 1. The van der Waals surface area contributed by atoms with Gasteiger partial charge in [0.25, 0.3) is 0 Å². The van der Waals surface area contributed by atoms with Gasteiger partial charge in [-0.3, -0.25) is 4.79 Å². The van der Waals surface area contributed by atoms with E-state index in [0.29, 0.717) is 6.42 Å². The molecule has 0 aliphatic carbocycles. The Balaban J connectivity index is 2.55. The number of hydrogen-bond donors (Lipinski definition) is 3. The first-order valence-corrected chi connectivity index (χ1v) is 6.48. The van der Waals surface area contributed by atoms with Gasteiger partial charge in [0.2, 0.25) is 5.91 Å². The zero-order valence-corrected chi connectivity index (χ0v) is 12.2. The van der Waals surface area contributed by atoms with E-state index >= 15 is 0 Å². The van der Waals surface area contributed by atoms with E-state index in [0.717, 1.165) is 12.1 Å². The summed E-state index contributed by atoms with van der Waals surface area (Å²) in [7, 11) is 1.54. The highest BCUT2D eigenvalue weighted by molar-refractivity contribution is 5.89. The molecule has 3 N–H and O–H groups in total. The van der Waals surface area contributed by atoms with Crippen LogP contribution in [0.2, 0.25) is 0 Å². The summed E-state index contributed by atoms with van der Waals surface area (Å²) in [6, 6.07) is 2.53. The average molecular weight is 299 g/mol. The molecule has 0 atom stereocenters. The quantitative estimate of drug-likeness (QED) is 0.781. The highest BCUT2D eigenvalue weighted by Gasteiger charge is 2.21. The normalized spacial score (nSPS) is 10.9. The van der Waals surface area contributed by atoms with Crippen molar-refractivity contribution in [2.75, 3.05) is 12.4 Å². The van der Waals surface area contributed by atoms with E-state index in [1.807, 2.05) is 0 Å². The van der Waals surface area contributed by atoms with Gasteiger partial charge in [-0.05, 0) is 32.4 Å². The van der Waals surface area contributed by atoms with Crippen LogP contribution >= 0.6 is 0 Å². The molecule has 7 heteroatoms. The number of rotatable bonds is 5. The van der Waals surface area contributed by atoms with Crippen molar-refractivity contribution >= 4 is 17.6 Å². The molecule has 0 aliphatic heterocycles. The predicted octanol–water partition coefficient (Wildman–Crippen LogP) is 2.39. The third-order valence-corrected chi connectivity index (χ3v) is 2.89. The molecule has 21 heavy (non-hydrogen) atoms. The van der Waals surface area contributed by atoms with Crippen LogP contribution in [-0.2, 0) is 4.79 Å². The second kappa shape index (κ2) is 7.01. The fourth-order valence-electron chi connectivity index (χ4n) is 1.66. The number of anilines is 1. The lowest BCUT2D eigenvalue weighted by Gasteiger charge is -2.26. The second-order valence-electron chi connectivity index (χ2n) is 5.27. The zero-order valence-electron chi connectivity index (χ0n) is 12.2.